The Morgan fingerprint density at radius 1 is 1.50 bits per heavy atom. The molecule has 0 saturated carbocycles. The van der Waals surface area contributed by atoms with Crippen LogP contribution < -0.4 is 5.32 Å². The number of rotatable bonds is 4. The fourth-order valence-corrected chi connectivity index (χ4v) is 5.17. The molecule has 96 valence electrons. The number of aryl methyl sites for hydroxylation is 2. The standard InChI is InChI=1S/C13H15BrN2S2/c1-2-15-12(11-6-8(14)7-17-11)13-16-9-4-3-5-10(9)18-13/h6-7,12,15H,2-5H2,1H3. The van der Waals surface area contributed by atoms with Crippen LogP contribution in [0.15, 0.2) is 15.9 Å². The third kappa shape index (κ3) is 2.41. The van der Waals surface area contributed by atoms with Crippen LogP contribution in [0.3, 0.4) is 0 Å². The second kappa shape index (κ2) is 5.41. The Kier molecular flexibility index (Phi) is 3.84. The summed E-state index contributed by atoms with van der Waals surface area (Å²) < 4.78 is 1.16. The lowest BCUT2D eigenvalue weighted by molar-refractivity contribution is 0.633. The molecule has 3 rings (SSSR count). The number of fused-ring (bicyclic) bond motifs is 1. The monoisotopic (exact) mass is 342 g/mol. The second-order valence-corrected chi connectivity index (χ2v) is 7.41. The van der Waals surface area contributed by atoms with Crippen LogP contribution in [0.4, 0.5) is 0 Å². The van der Waals surface area contributed by atoms with Gasteiger partial charge in [-0.3, -0.25) is 0 Å². The summed E-state index contributed by atoms with van der Waals surface area (Å²) in [5.74, 6) is 0. The van der Waals surface area contributed by atoms with Gasteiger partial charge in [-0.2, -0.15) is 0 Å². The lowest BCUT2D eigenvalue weighted by Crippen LogP contribution is -2.21. The average Bonchev–Trinajstić information content (AvgIpc) is 3.00. The van der Waals surface area contributed by atoms with Crippen molar-refractivity contribution in [1.29, 1.82) is 0 Å². The van der Waals surface area contributed by atoms with Crippen LogP contribution in [-0.4, -0.2) is 11.5 Å². The molecular formula is C13H15BrN2S2. The molecule has 5 heteroatoms. The molecule has 0 saturated heterocycles. The molecular weight excluding hydrogens is 328 g/mol. The largest absolute Gasteiger partial charge is 0.304 e. The second-order valence-electron chi connectivity index (χ2n) is 4.43. The van der Waals surface area contributed by atoms with Crippen LogP contribution in [0, 0.1) is 0 Å². The van der Waals surface area contributed by atoms with Gasteiger partial charge in [-0.25, -0.2) is 4.98 Å². The predicted molar refractivity (Wildman–Crippen MR) is 81.7 cm³/mol. The number of nitrogens with zero attached hydrogens (tertiary/aromatic N) is 1. The minimum atomic E-state index is 0.266. The molecule has 1 aliphatic rings. The molecule has 2 nitrogen and oxygen atoms in total. The topological polar surface area (TPSA) is 24.9 Å². The van der Waals surface area contributed by atoms with Gasteiger partial charge >= 0.3 is 0 Å². The Hall–Kier alpha value is -0.230. The molecule has 1 unspecified atom stereocenters. The first-order valence-electron chi connectivity index (χ1n) is 6.23. The van der Waals surface area contributed by atoms with Gasteiger partial charge in [0, 0.05) is 19.6 Å². The summed E-state index contributed by atoms with van der Waals surface area (Å²) in [5, 5.41) is 6.93. The Balaban J connectivity index is 1.93. The number of nitrogens with one attached hydrogen (secondary N) is 1. The van der Waals surface area contributed by atoms with Crippen molar-refractivity contribution in [2.45, 2.75) is 32.2 Å². The van der Waals surface area contributed by atoms with E-state index < -0.39 is 0 Å². The Morgan fingerprint density at radius 2 is 2.39 bits per heavy atom. The fraction of sp³-hybridized carbons (Fsp3) is 0.462. The predicted octanol–water partition coefficient (Wildman–Crippen LogP) is 4.15. The van der Waals surface area contributed by atoms with Crippen molar-refractivity contribution in [2.75, 3.05) is 6.54 Å². The molecule has 0 aliphatic heterocycles. The van der Waals surface area contributed by atoms with Gasteiger partial charge in [0.25, 0.3) is 0 Å². The molecule has 1 atom stereocenters. The van der Waals surface area contributed by atoms with Gasteiger partial charge in [0.05, 0.1) is 11.7 Å². The zero-order valence-corrected chi connectivity index (χ0v) is 13.4. The highest BCUT2D eigenvalue weighted by atomic mass is 79.9. The van der Waals surface area contributed by atoms with Crippen molar-refractivity contribution in [2.24, 2.45) is 0 Å². The van der Waals surface area contributed by atoms with Crippen molar-refractivity contribution in [1.82, 2.24) is 10.3 Å². The van der Waals surface area contributed by atoms with E-state index in [1.807, 2.05) is 11.3 Å². The number of hydrogen-bond acceptors (Lipinski definition) is 4. The summed E-state index contributed by atoms with van der Waals surface area (Å²) in [7, 11) is 0. The van der Waals surface area contributed by atoms with Gasteiger partial charge in [0.1, 0.15) is 5.01 Å². The zero-order chi connectivity index (χ0) is 12.5. The van der Waals surface area contributed by atoms with E-state index in [4.69, 9.17) is 4.98 Å². The molecule has 0 spiro atoms. The zero-order valence-electron chi connectivity index (χ0n) is 10.2. The lowest BCUT2D eigenvalue weighted by Gasteiger charge is -2.13. The van der Waals surface area contributed by atoms with E-state index in [0.29, 0.717) is 0 Å². The van der Waals surface area contributed by atoms with Gasteiger partial charge in [0.15, 0.2) is 0 Å². The number of hydrogen-bond donors (Lipinski definition) is 1. The third-order valence-electron chi connectivity index (χ3n) is 3.14. The van der Waals surface area contributed by atoms with E-state index in [9.17, 15) is 0 Å². The first-order chi connectivity index (χ1) is 8.78. The van der Waals surface area contributed by atoms with E-state index >= 15 is 0 Å². The number of aromatic nitrogens is 1. The van der Waals surface area contributed by atoms with Crippen LogP contribution >= 0.6 is 38.6 Å². The van der Waals surface area contributed by atoms with Gasteiger partial charge < -0.3 is 5.32 Å². The summed E-state index contributed by atoms with van der Waals surface area (Å²) in [6.45, 7) is 3.11. The van der Waals surface area contributed by atoms with Crippen molar-refractivity contribution >= 4 is 38.6 Å². The molecule has 0 aromatic carbocycles. The van der Waals surface area contributed by atoms with Gasteiger partial charge in [0.2, 0.25) is 0 Å². The smallest absolute Gasteiger partial charge is 0.115 e. The van der Waals surface area contributed by atoms with Crippen molar-refractivity contribution < 1.29 is 0 Å². The van der Waals surface area contributed by atoms with Crippen LogP contribution in [0.2, 0.25) is 0 Å². The highest BCUT2D eigenvalue weighted by Crippen LogP contribution is 2.35. The molecule has 2 aromatic heterocycles. The minimum Gasteiger partial charge on any atom is -0.304 e. The minimum absolute atomic E-state index is 0.266. The number of thiophene rings is 1. The Morgan fingerprint density at radius 3 is 3.06 bits per heavy atom. The molecule has 0 fully saturated rings. The van der Waals surface area contributed by atoms with Crippen LogP contribution in [0.5, 0.6) is 0 Å². The average molecular weight is 343 g/mol. The molecule has 2 heterocycles. The summed E-state index contributed by atoms with van der Waals surface area (Å²) in [5.41, 5.74) is 1.34. The maximum atomic E-state index is 4.84. The van der Waals surface area contributed by atoms with Crippen molar-refractivity contribution in [3.63, 3.8) is 0 Å². The van der Waals surface area contributed by atoms with Crippen molar-refractivity contribution in [3.05, 3.63) is 36.4 Å². The summed E-state index contributed by atoms with van der Waals surface area (Å²) in [6.07, 6.45) is 3.67. The van der Waals surface area contributed by atoms with E-state index in [1.54, 1.807) is 11.3 Å². The quantitative estimate of drug-likeness (QED) is 0.902. The Labute approximate surface area is 124 Å². The number of thiazole rings is 1. The fourth-order valence-electron chi connectivity index (χ4n) is 2.33. The van der Waals surface area contributed by atoms with E-state index in [0.717, 1.165) is 11.0 Å². The Bertz CT molecular complexity index is 525. The summed E-state index contributed by atoms with van der Waals surface area (Å²) in [4.78, 5) is 7.69. The van der Waals surface area contributed by atoms with Gasteiger partial charge in [-0.05, 0) is 47.8 Å². The molecule has 1 aliphatic carbocycles. The van der Waals surface area contributed by atoms with Crippen molar-refractivity contribution in [3.8, 4) is 0 Å². The SMILES string of the molecule is CCNC(c1cc(Br)cs1)c1nc2c(s1)CCC2. The van der Waals surface area contributed by atoms with Crippen LogP contribution in [0.1, 0.15) is 39.8 Å². The van der Waals surface area contributed by atoms with Crippen LogP contribution in [0.25, 0.3) is 0 Å². The van der Waals surface area contributed by atoms with E-state index in [2.05, 4.69) is 39.6 Å². The maximum Gasteiger partial charge on any atom is 0.115 e. The van der Waals surface area contributed by atoms with Gasteiger partial charge in [-0.15, -0.1) is 22.7 Å². The molecule has 1 N–H and O–H groups in total. The highest BCUT2D eigenvalue weighted by molar-refractivity contribution is 9.10. The molecule has 18 heavy (non-hydrogen) atoms. The third-order valence-corrected chi connectivity index (χ3v) is 6.12. The number of halogens is 1. The molecule has 0 radical (unpaired) electrons. The maximum absolute atomic E-state index is 4.84. The first-order valence-corrected chi connectivity index (χ1v) is 8.72. The molecule has 0 amide bonds. The highest BCUT2D eigenvalue weighted by Gasteiger charge is 2.23. The normalized spacial score (nSPS) is 15.9. The van der Waals surface area contributed by atoms with Crippen LogP contribution in [-0.2, 0) is 12.8 Å². The van der Waals surface area contributed by atoms with Gasteiger partial charge in [-0.1, -0.05) is 6.92 Å². The summed E-state index contributed by atoms with van der Waals surface area (Å²) in [6, 6.07) is 2.46. The van der Waals surface area contributed by atoms with E-state index in [-0.39, 0.29) is 6.04 Å². The summed E-state index contributed by atoms with van der Waals surface area (Å²) >= 11 is 7.22. The molecule has 0 bridgehead atoms. The lowest BCUT2D eigenvalue weighted by atomic mass is 10.2. The molecule has 2 aromatic rings. The first kappa shape index (κ1) is 12.8. The van der Waals surface area contributed by atoms with E-state index in [1.165, 1.54) is 39.7 Å².